The topological polar surface area (TPSA) is 27.3 Å². The maximum atomic E-state index is 6.21. The van der Waals surface area contributed by atoms with Gasteiger partial charge < -0.3 is 5.32 Å². The first-order valence-corrected chi connectivity index (χ1v) is 6.92. The average molecular weight is 286 g/mol. The Morgan fingerprint density at radius 3 is 2.50 bits per heavy atom. The third kappa shape index (κ3) is 2.45. The molecule has 1 aliphatic heterocycles. The highest BCUT2D eigenvalue weighted by atomic mass is 35.5. The highest BCUT2D eigenvalue weighted by molar-refractivity contribution is 6.33. The summed E-state index contributed by atoms with van der Waals surface area (Å²) >= 11 is 6.21. The van der Waals surface area contributed by atoms with Crippen molar-refractivity contribution in [2.45, 2.75) is 6.92 Å². The first-order chi connectivity index (χ1) is 9.75. The van der Waals surface area contributed by atoms with Crippen molar-refractivity contribution in [2.75, 3.05) is 12.1 Å². The van der Waals surface area contributed by atoms with E-state index in [9.17, 15) is 0 Å². The molecule has 3 nitrogen and oxygen atoms in total. The minimum Gasteiger partial charge on any atom is -0.368 e. The Balaban J connectivity index is 1.90. The molecule has 2 N–H and O–H groups in total. The van der Waals surface area contributed by atoms with Crippen LogP contribution in [-0.2, 0) is 0 Å². The number of nitrogens with zero attached hydrogens (tertiary/aromatic N) is 1. The third-order valence-electron chi connectivity index (χ3n) is 3.30. The van der Waals surface area contributed by atoms with Crippen LogP contribution in [0.5, 0.6) is 0 Å². The summed E-state index contributed by atoms with van der Waals surface area (Å²) in [6.07, 6.45) is 0. The highest BCUT2D eigenvalue weighted by Gasteiger charge is 2.21. The molecule has 4 heteroatoms. The third-order valence-corrected chi connectivity index (χ3v) is 3.63. The van der Waals surface area contributed by atoms with Crippen molar-refractivity contribution in [1.29, 1.82) is 0 Å². The summed E-state index contributed by atoms with van der Waals surface area (Å²) in [4.78, 5) is 0. The van der Waals surface area contributed by atoms with Gasteiger partial charge in [-0.05, 0) is 19.1 Å². The average Bonchev–Trinajstić information content (AvgIpc) is 2.83. The maximum Gasteiger partial charge on any atom is 0.108 e. The Bertz CT molecular complexity index is 637. The monoisotopic (exact) mass is 285 g/mol. The molecule has 0 bridgehead atoms. The maximum absolute atomic E-state index is 6.21. The summed E-state index contributed by atoms with van der Waals surface area (Å²) in [6.45, 7) is 2.79. The summed E-state index contributed by atoms with van der Waals surface area (Å²) in [6, 6.07) is 18.1. The fourth-order valence-electron chi connectivity index (χ4n) is 2.32. The van der Waals surface area contributed by atoms with Crippen LogP contribution in [0.15, 0.2) is 60.3 Å². The van der Waals surface area contributed by atoms with E-state index in [1.807, 2.05) is 42.5 Å². The van der Waals surface area contributed by atoms with Crippen molar-refractivity contribution in [3.05, 3.63) is 70.9 Å². The number of hydrogen-bond acceptors (Lipinski definition) is 3. The molecule has 0 unspecified atom stereocenters. The van der Waals surface area contributed by atoms with Crippen LogP contribution < -0.4 is 10.7 Å². The van der Waals surface area contributed by atoms with Gasteiger partial charge in [-0.25, -0.2) is 0 Å². The molecular weight excluding hydrogens is 270 g/mol. The number of para-hydroxylation sites is 1. The molecule has 2 aromatic carbocycles. The zero-order valence-electron chi connectivity index (χ0n) is 11.2. The molecule has 0 saturated heterocycles. The lowest BCUT2D eigenvalue weighted by atomic mass is 10.1. The van der Waals surface area contributed by atoms with E-state index < -0.39 is 0 Å². The fourth-order valence-corrected chi connectivity index (χ4v) is 2.50. The van der Waals surface area contributed by atoms with Crippen molar-refractivity contribution >= 4 is 23.0 Å². The van der Waals surface area contributed by atoms with Crippen LogP contribution in [0.1, 0.15) is 12.5 Å². The molecule has 102 valence electrons. The number of halogens is 1. The van der Waals surface area contributed by atoms with Crippen molar-refractivity contribution in [1.82, 2.24) is 10.3 Å². The van der Waals surface area contributed by atoms with Crippen molar-refractivity contribution in [3.63, 3.8) is 0 Å². The zero-order chi connectivity index (χ0) is 13.9. The van der Waals surface area contributed by atoms with Crippen LogP contribution in [0.3, 0.4) is 0 Å². The molecule has 0 spiro atoms. The predicted octanol–water partition coefficient (Wildman–Crippen LogP) is 3.92. The molecule has 0 fully saturated rings. The van der Waals surface area contributed by atoms with Gasteiger partial charge in [-0.3, -0.25) is 10.4 Å². The first kappa shape index (κ1) is 12.9. The molecule has 20 heavy (non-hydrogen) atoms. The first-order valence-electron chi connectivity index (χ1n) is 6.54. The van der Waals surface area contributed by atoms with Crippen LogP contribution >= 0.6 is 11.6 Å². The van der Waals surface area contributed by atoms with E-state index in [2.05, 4.69) is 34.8 Å². The smallest absolute Gasteiger partial charge is 0.108 e. The molecule has 0 saturated carbocycles. The molecular formula is C16H16ClN3. The summed E-state index contributed by atoms with van der Waals surface area (Å²) in [5, 5.41) is 6.15. The molecule has 2 aromatic rings. The van der Waals surface area contributed by atoms with E-state index in [1.165, 1.54) is 5.56 Å². The van der Waals surface area contributed by atoms with Crippen molar-refractivity contribution in [2.24, 2.45) is 0 Å². The highest BCUT2D eigenvalue weighted by Crippen LogP contribution is 2.28. The van der Waals surface area contributed by atoms with Crippen molar-refractivity contribution < 1.29 is 0 Å². The fraction of sp³-hybridized carbons (Fsp3) is 0.125. The van der Waals surface area contributed by atoms with Crippen LogP contribution in [0, 0.1) is 0 Å². The van der Waals surface area contributed by atoms with Gasteiger partial charge in [-0.1, -0.05) is 54.1 Å². The molecule has 3 rings (SSSR count). The molecule has 1 aliphatic rings. The van der Waals surface area contributed by atoms with Gasteiger partial charge in [0.1, 0.15) is 6.67 Å². The molecule has 0 atom stereocenters. The Morgan fingerprint density at radius 2 is 1.75 bits per heavy atom. The largest absolute Gasteiger partial charge is 0.368 e. The van der Waals surface area contributed by atoms with E-state index in [0.29, 0.717) is 11.7 Å². The minimum absolute atomic E-state index is 0.710. The Kier molecular flexibility index (Phi) is 3.52. The lowest BCUT2D eigenvalue weighted by Crippen LogP contribution is -2.29. The van der Waals surface area contributed by atoms with Gasteiger partial charge in [0.15, 0.2) is 0 Å². The van der Waals surface area contributed by atoms with E-state index in [1.54, 1.807) is 0 Å². The summed E-state index contributed by atoms with van der Waals surface area (Å²) < 4.78 is 0. The molecule has 0 amide bonds. The SMILES string of the molecule is CC1=C(c2ccccc2)N(Nc2ccccc2Cl)CN1. The number of hydrazine groups is 1. The van der Waals surface area contributed by atoms with Gasteiger partial charge in [-0.15, -0.1) is 0 Å². The van der Waals surface area contributed by atoms with Gasteiger partial charge in [0.25, 0.3) is 0 Å². The number of hydrogen-bond donors (Lipinski definition) is 2. The summed E-state index contributed by atoms with van der Waals surface area (Å²) in [7, 11) is 0. The molecule has 0 aromatic heterocycles. The lowest BCUT2D eigenvalue weighted by molar-refractivity contribution is 0.483. The molecule has 0 radical (unpaired) electrons. The van der Waals surface area contributed by atoms with E-state index in [4.69, 9.17) is 11.6 Å². The Morgan fingerprint density at radius 1 is 1.05 bits per heavy atom. The predicted molar refractivity (Wildman–Crippen MR) is 84.0 cm³/mol. The minimum atomic E-state index is 0.710. The normalized spacial score (nSPS) is 14.4. The van der Waals surface area contributed by atoms with Crippen LogP contribution in [-0.4, -0.2) is 11.7 Å². The van der Waals surface area contributed by atoms with Crippen molar-refractivity contribution in [3.8, 4) is 0 Å². The van der Waals surface area contributed by atoms with Crippen LogP contribution in [0.4, 0.5) is 5.69 Å². The Labute approximate surface area is 123 Å². The van der Waals surface area contributed by atoms with Gasteiger partial charge >= 0.3 is 0 Å². The quantitative estimate of drug-likeness (QED) is 0.895. The molecule has 1 heterocycles. The number of allylic oxidation sites excluding steroid dienone is 1. The van der Waals surface area contributed by atoms with E-state index in [0.717, 1.165) is 17.1 Å². The summed E-state index contributed by atoms with van der Waals surface area (Å²) in [5.41, 5.74) is 7.74. The van der Waals surface area contributed by atoms with Crippen LogP contribution in [0.2, 0.25) is 5.02 Å². The zero-order valence-corrected chi connectivity index (χ0v) is 12.0. The van der Waals surface area contributed by atoms with Gasteiger partial charge in [0, 0.05) is 11.3 Å². The summed E-state index contributed by atoms with van der Waals surface area (Å²) in [5.74, 6) is 0. The number of anilines is 1. The lowest BCUT2D eigenvalue weighted by Gasteiger charge is -2.24. The Hall–Kier alpha value is -2.13. The number of benzene rings is 2. The van der Waals surface area contributed by atoms with Gasteiger partial charge in [0.05, 0.1) is 16.4 Å². The second kappa shape index (κ2) is 5.47. The van der Waals surface area contributed by atoms with Gasteiger partial charge in [0.2, 0.25) is 0 Å². The van der Waals surface area contributed by atoms with Crippen LogP contribution in [0.25, 0.3) is 5.70 Å². The number of rotatable bonds is 3. The number of nitrogens with one attached hydrogen (secondary N) is 2. The van der Waals surface area contributed by atoms with E-state index >= 15 is 0 Å². The van der Waals surface area contributed by atoms with E-state index in [-0.39, 0.29) is 0 Å². The molecule has 0 aliphatic carbocycles. The second-order valence-electron chi connectivity index (χ2n) is 4.69. The standard InChI is InChI=1S/C16H16ClN3/c1-12-16(13-7-3-2-4-8-13)20(11-18-12)19-15-10-6-5-9-14(15)17/h2-10,18-19H,11H2,1H3. The second-order valence-corrected chi connectivity index (χ2v) is 5.10. The van der Waals surface area contributed by atoms with Gasteiger partial charge in [-0.2, -0.15) is 0 Å².